The molecule has 0 aliphatic heterocycles. The van der Waals surface area contributed by atoms with E-state index in [-0.39, 0.29) is 28.0 Å². The van der Waals surface area contributed by atoms with Gasteiger partial charge < -0.3 is 14.0 Å². The van der Waals surface area contributed by atoms with E-state index in [0.29, 0.717) is 16.8 Å². The van der Waals surface area contributed by atoms with Gasteiger partial charge in [-0.15, -0.1) is 0 Å². The molecule has 0 aliphatic rings. The Kier molecular flexibility index (Phi) is 8.17. The van der Waals surface area contributed by atoms with Crippen LogP contribution in [0.3, 0.4) is 0 Å². The monoisotopic (exact) mass is 606 g/mol. The van der Waals surface area contributed by atoms with E-state index in [9.17, 15) is 31.5 Å². The number of aryl methyl sites for hydroxylation is 1. The molecule has 8 nitrogen and oxygen atoms in total. The fourth-order valence-corrected chi connectivity index (χ4v) is 6.21. The van der Waals surface area contributed by atoms with Crippen LogP contribution >= 0.6 is 23.5 Å². The molecule has 3 aromatic rings. The molecule has 2 unspecified atom stereocenters. The Morgan fingerprint density at radius 2 is 1.81 bits per heavy atom. The summed E-state index contributed by atoms with van der Waals surface area (Å²) >= 11 is 3.07. The molecule has 196 valence electrons. The van der Waals surface area contributed by atoms with Crippen molar-refractivity contribution < 1.29 is 31.2 Å². The van der Waals surface area contributed by atoms with Crippen molar-refractivity contribution in [2.24, 2.45) is 7.05 Å². The van der Waals surface area contributed by atoms with Gasteiger partial charge in [0, 0.05) is 29.5 Å². The van der Waals surface area contributed by atoms with E-state index in [0.717, 1.165) is 12.3 Å². The van der Waals surface area contributed by atoms with Gasteiger partial charge in [-0.25, -0.2) is 13.2 Å². The lowest BCUT2D eigenvalue weighted by molar-refractivity contribution is 0.0341. The predicted octanol–water partition coefficient (Wildman–Crippen LogP) is 5.12. The summed E-state index contributed by atoms with van der Waals surface area (Å²) in [5.41, 5.74) is -3.69. The maximum Gasteiger partial charge on any atom is 0.402 e. The molecule has 1 N–H and O–H groups in total. The molecule has 0 saturated carbocycles. The van der Waals surface area contributed by atoms with Crippen molar-refractivity contribution in [1.29, 1.82) is 0 Å². The minimum Gasteiger partial charge on any atom is -0.320 e. The van der Waals surface area contributed by atoms with Gasteiger partial charge in [-0.05, 0) is 42.7 Å². The first-order valence-electron chi connectivity index (χ1n) is 10.8. The molecular weight excluding hydrogens is 581 g/mol. The summed E-state index contributed by atoms with van der Waals surface area (Å²) in [5, 5.41) is 0. The number of sulfone groups is 1. The SMILES string of the molecule is CCC(C)OP(=O)(O)C(F)(F)c1ccc(Cn2c(-c3ccc(S(C)(=O)=O)cc3)cn(C)c2=O)cc1Br. The molecule has 0 amide bonds. The normalized spacial score (nSPS) is 15.0. The molecule has 13 heteroatoms. The van der Waals surface area contributed by atoms with E-state index in [1.54, 1.807) is 32.3 Å². The molecule has 1 heterocycles. The number of alkyl halides is 2. The molecule has 0 radical (unpaired) electrons. The van der Waals surface area contributed by atoms with Crippen LogP contribution in [0.1, 0.15) is 31.4 Å². The quantitative estimate of drug-likeness (QED) is 0.339. The van der Waals surface area contributed by atoms with E-state index in [2.05, 4.69) is 15.9 Å². The number of imidazole rings is 1. The standard InChI is InChI=1S/C23H26BrF2N2O6PS/c1-5-15(2)34-35(30,31)23(25,26)19-11-6-16(12-20(19)24)13-28-21(14-27(3)22(28)29)17-7-9-18(10-8-17)36(4,32)33/h6-12,14-15H,5,13H2,1-4H3,(H,30,31). The van der Waals surface area contributed by atoms with Crippen molar-refractivity contribution in [2.75, 3.05) is 6.26 Å². The highest BCUT2D eigenvalue weighted by atomic mass is 79.9. The summed E-state index contributed by atoms with van der Waals surface area (Å²) in [6.07, 6.45) is 2.13. The molecular formula is C23H26BrF2N2O6PS. The van der Waals surface area contributed by atoms with Crippen molar-refractivity contribution in [2.45, 2.75) is 43.5 Å². The second kappa shape index (κ2) is 10.3. The second-order valence-electron chi connectivity index (χ2n) is 8.49. The maximum atomic E-state index is 14.9. The second-order valence-corrected chi connectivity index (χ2v) is 13.2. The first-order chi connectivity index (χ1) is 16.6. The highest BCUT2D eigenvalue weighted by molar-refractivity contribution is 9.10. The third-order valence-corrected chi connectivity index (χ3v) is 9.05. The van der Waals surface area contributed by atoms with Crippen molar-refractivity contribution in [1.82, 2.24) is 9.13 Å². The summed E-state index contributed by atoms with van der Waals surface area (Å²) in [5.74, 6) is 0. The van der Waals surface area contributed by atoms with E-state index in [4.69, 9.17) is 4.52 Å². The summed E-state index contributed by atoms with van der Waals surface area (Å²) in [4.78, 5) is 22.9. The van der Waals surface area contributed by atoms with Gasteiger partial charge in [0.1, 0.15) is 0 Å². The molecule has 2 atom stereocenters. The molecule has 0 saturated heterocycles. The number of halogens is 3. The van der Waals surface area contributed by atoms with Crippen LogP contribution in [0, 0.1) is 0 Å². The molecule has 0 spiro atoms. The zero-order valence-electron chi connectivity index (χ0n) is 20.0. The van der Waals surface area contributed by atoms with Crippen LogP contribution < -0.4 is 5.69 Å². The van der Waals surface area contributed by atoms with Gasteiger partial charge in [0.25, 0.3) is 0 Å². The van der Waals surface area contributed by atoms with Gasteiger partial charge in [0.05, 0.1) is 23.2 Å². The number of hydrogen-bond acceptors (Lipinski definition) is 5. The van der Waals surface area contributed by atoms with Crippen molar-refractivity contribution in [3.63, 3.8) is 0 Å². The molecule has 36 heavy (non-hydrogen) atoms. The largest absolute Gasteiger partial charge is 0.402 e. The summed E-state index contributed by atoms with van der Waals surface area (Å²) in [7, 11) is -7.16. The highest BCUT2D eigenvalue weighted by Crippen LogP contribution is 2.64. The number of aromatic nitrogens is 2. The Hall–Kier alpha value is -2.11. The predicted molar refractivity (Wildman–Crippen MR) is 136 cm³/mol. The van der Waals surface area contributed by atoms with Crippen LogP contribution in [-0.2, 0) is 38.2 Å². The average molecular weight is 607 g/mol. The minimum absolute atomic E-state index is 0.00738. The van der Waals surface area contributed by atoms with E-state index in [1.807, 2.05) is 0 Å². The Balaban J connectivity index is 1.97. The van der Waals surface area contributed by atoms with Gasteiger partial charge in [0.15, 0.2) is 9.84 Å². The van der Waals surface area contributed by atoms with Gasteiger partial charge in [-0.2, -0.15) is 8.78 Å². The van der Waals surface area contributed by atoms with Gasteiger partial charge >= 0.3 is 18.9 Å². The van der Waals surface area contributed by atoms with E-state index < -0.39 is 34.8 Å². The summed E-state index contributed by atoms with van der Waals surface area (Å²) in [6, 6.07) is 9.75. The van der Waals surface area contributed by atoms with Crippen LogP contribution in [0.15, 0.2) is 62.8 Å². The molecule has 0 bridgehead atoms. The van der Waals surface area contributed by atoms with E-state index >= 15 is 0 Å². The van der Waals surface area contributed by atoms with Crippen molar-refractivity contribution in [3.05, 3.63) is 74.7 Å². The first kappa shape index (κ1) is 28.5. The summed E-state index contributed by atoms with van der Waals surface area (Å²) < 4.78 is 73.1. The molecule has 0 fully saturated rings. The molecule has 1 aromatic heterocycles. The van der Waals surface area contributed by atoms with Crippen molar-refractivity contribution >= 4 is 33.4 Å². The third-order valence-electron chi connectivity index (χ3n) is 5.67. The van der Waals surface area contributed by atoms with Gasteiger partial charge in [0.2, 0.25) is 0 Å². The fraction of sp³-hybridized carbons (Fsp3) is 0.348. The zero-order chi connectivity index (χ0) is 27.1. The number of benzene rings is 2. The van der Waals surface area contributed by atoms with E-state index in [1.165, 1.54) is 40.3 Å². The zero-order valence-corrected chi connectivity index (χ0v) is 23.3. The fourth-order valence-electron chi connectivity index (χ4n) is 3.48. The Morgan fingerprint density at radius 1 is 1.19 bits per heavy atom. The number of hydrogen-bond donors (Lipinski definition) is 1. The van der Waals surface area contributed by atoms with Gasteiger partial charge in [-0.1, -0.05) is 47.1 Å². The van der Waals surface area contributed by atoms with Crippen LogP contribution in [0.2, 0.25) is 0 Å². The van der Waals surface area contributed by atoms with Gasteiger partial charge in [-0.3, -0.25) is 9.13 Å². The highest BCUT2D eigenvalue weighted by Gasteiger charge is 2.54. The maximum absolute atomic E-state index is 14.9. The number of rotatable bonds is 9. The Bertz CT molecular complexity index is 1490. The molecule has 3 rings (SSSR count). The van der Waals surface area contributed by atoms with Crippen LogP contribution in [0.5, 0.6) is 0 Å². The number of nitrogens with zero attached hydrogens (tertiary/aromatic N) is 2. The van der Waals surface area contributed by atoms with Crippen LogP contribution in [-0.4, -0.2) is 34.8 Å². The van der Waals surface area contributed by atoms with Crippen LogP contribution in [0.4, 0.5) is 8.78 Å². The lowest BCUT2D eigenvalue weighted by Gasteiger charge is -2.25. The molecule has 0 aliphatic carbocycles. The Labute approximate surface area is 216 Å². The Morgan fingerprint density at radius 3 is 2.33 bits per heavy atom. The lowest BCUT2D eigenvalue weighted by atomic mass is 10.1. The third kappa shape index (κ3) is 5.73. The topological polar surface area (TPSA) is 108 Å². The minimum atomic E-state index is -5.33. The van der Waals surface area contributed by atoms with Crippen molar-refractivity contribution in [3.8, 4) is 11.3 Å². The average Bonchev–Trinajstić information content (AvgIpc) is 3.06. The lowest BCUT2D eigenvalue weighted by Crippen LogP contribution is -2.23. The smallest absolute Gasteiger partial charge is 0.320 e. The van der Waals surface area contributed by atoms with Crippen LogP contribution in [0.25, 0.3) is 11.3 Å². The molecule has 2 aromatic carbocycles. The summed E-state index contributed by atoms with van der Waals surface area (Å²) in [6.45, 7) is 3.09. The first-order valence-corrected chi connectivity index (χ1v) is 15.1.